The van der Waals surface area contributed by atoms with E-state index in [1.165, 1.54) is 0 Å². The summed E-state index contributed by atoms with van der Waals surface area (Å²) in [4.78, 5) is 7.50. The number of nitrogens with zero attached hydrogens (tertiary/aromatic N) is 2. The van der Waals surface area contributed by atoms with Gasteiger partial charge in [0.15, 0.2) is 5.96 Å². The van der Waals surface area contributed by atoms with Gasteiger partial charge in [0.25, 0.3) is 0 Å². The molecule has 1 aromatic heterocycles. The van der Waals surface area contributed by atoms with Crippen molar-refractivity contribution in [3.8, 4) is 0 Å². The second-order valence-electron chi connectivity index (χ2n) is 3.13. The van der Waals surface area contributed by atoms with E-state index in [4.69, 9.17) is 21.6 Å². The zero-order valence-corrected chi connectivity index (χ0v) is 8.42. The average Bonchev–Trinajstić information content (AvgIpc) is 2.57. The molecule has 0 aliphatic carbocycles. The van der Waals surface area contributed by atoms with Crippen LogP contribution in [0, 0.1) is 0 Å². The van der Waals surface area contributed by atoms with E-state index >= 15 is 0 Å². The molecule has 82 valence electrons. The largest absolute Gasteiger partial charge is 0.438 e. The Morgan fingerprint density at radius 3 is 2.56 bits per heavy atom. The van der Waals surface area contributed by atoms with Crippen LogP contribution < -0.4 is 17.2 Å². The Morgan fingerprint density at radius 2 is 1.88 bits per heavy atom. The maximum absolute atomic E-state index is 5.47. The van der Waals surface area contributed by atoms with Gasteiger partial charge in [0, 0.05) is 11.5 Å². The number of para-hydroxylation sites is 1. The standard InChI is InChI=1S/C10H11N5O/c11-9(12)15-10(13)14-8-5-6-3-1-2-4-7(6)16-8/h1-5H,(H6,11,12,13,14,15). The third kappa shape index (κ3) is 2.11. The van der Waals surface area contributed by atoms with E-state index in [0.717, 1.165) is 11.0 Å². The Hall–Kier alpha value is -2.50. The smallest absolute Gasteiger partial charge is 0.226 e. The minimum atomic E-state index is -0.141. The number of aliphatic imine (C=N–C) groups is 2. The van der Waals surface area contributed by atoms with Crippen molar-refractivity contribution in [3.63, 3.8) is 0 Å². The third-order valence-electron chi connectivity index (χ3n) is 1.88. The Labute approximate surface area is 91.4 Å². The van der Waals surface area contributed by atoms with Crippen molar-refractivity contribution in [2.75, 3.05) is 0 Å². The number of hydrogen-bond acceptors (Lipinski definition) is 2. The SMILES string of the molecule is NC(N)=NC(N)=Nc1cc2ccccc2o1. The van der Waals surface area contributed by atoms with Gasteiger partial charge in [-0.15, -0.1) is 0 Å². The van der Waals surface area contributed by atoms with E-state index in [1.807, 2.05) is 24.3 Å². The Kier molecular flexibility index (Phi) is 2.47. The van der Waals surface area contributed by atoms with E-state index in [-0.39, 0.29) is 11.9 Å². The fourth-order valence-electron chi connectivity index (χ4n) is 1.29. The summed E-state index contributed by atoms with van der Waals surface area (Å²) in [5.41, 5.74) is 16.5. The maximum atomic E-state index is 5.47. The number of hydrogen-bond donors (Lipinski definition) is 3. The Balaban J connectivity index is 2.38. The van der Waals surface area contributed by atoms with Gasteiger partial charge in [0.05, 0.1) is 0 Å². The highest BCUT2D eigenvalue weighted by Gasteiger charge is 2.01. The number of fused-ring (bicyclic) bond motifs is 1. The molecule has 0 saturated carbocycles. The lowest BCUT2D eigenvalue weighted by atomic mass is 10.3. The van der Waals surface area contributed by atoms with Crippen molar-refractivity contribution < 1.29 is 4.42 Å². The van der Waals surface area contributed by atoms with Crippen LogP contribution in [-0.2, 0) is 0 Å². The van der Waals surface area contributed by atoms with Crippen molar-refractivity contribution in [3.05, 3.63) is 30.3 Å². The van der Waals surface area contributed by atoms with Crippen LogP contribution >= 0.6 is 0 Å². The van der Waals surface area contributed by atoms with Gasteiger partial charge >= 0.3 is 0 Å². The molecule has 0 atom stereocenters. The number of furan rings is 1. The number of nitrogens with two attached hydrogens (primary N) is 3. The fourth-order valence-corrected chi connectivity index (χ4v) is 1.29. The van der Waals surface area contributed by atoms with E-state index < -0.39 is 0 Å². The zero-order chi connectivity index (χ0) is 11.5. The van der Waals surface area contributed by atoms with E-state index in [1.54, 1.807) is 6.07 Å². The summed E-state index contributed by atoms with van der Waals surface area (Å²) >= 11 is 0. The normalized spacial score (nSPS) is 11.6. The molecule has 0 spiro atoms. The molecule has 6 heteroatoms. The van der Waals surface area contributed by atoms with Gasteiger partial charge < -0.3 is 21.6 Å². The van der Waals surface area contributed by atoms with Gasteiger partial charge in [0.2, 0.25) is 11.8 Å². The van der Waals surface area contributed by atoms with Crippen LogP contribution in [0.25, 0.3) is 11.0 Å². The van der Waals surface area contributed by atoms with E-state index in [2.05, 4.69) is 9.98 Å². The van der Waals surface area contributed by atoms with Crippen LogP contribution in [0.2, 0.25) is 0 Å². The Morgan fingerprint density at radius 1 is 1.12 bits per heavy atom. The molecule has 0 aliphatic rings. The summed E-state index contributed by atoms with van der Waals surface area (Å²) in [6.45, 7) is 0. The third-order valence-corrected chi connectivity index (χ3v) is 1.88. The summed E-state index contributed by atoms with van der Waals surface area (Å²) in [5.74, 6) is 0.181. The first-order valence-corrected chi connectivity index (χ1v) is 4.57. The van der Waals surface area contributed by atoms with Crippen LogP contribution in [0.15, 0.2) is 44.7 Å². The molecule has 0 amide bonds. The molecule has 0 aliphatic heterocycles. The second kappa shape index (κ2) is 3.93. The lowest BCUT2D eigenvalue weighted by molar-refractivity contribution is 0.625. The summed E-state index contributed by atoms with van der Waals surface area (Å²) in [7, 11) is 0. The first-order valence-electron chi connectivity index (χ1n) is 4.57. The first kappa shape index (κ1) is 10.0. The molecule has 0 saturated heterocycles. The lowest BCUT2D eigenvalue weighted by Crippen LogP contribution is -2.26. The molecule has 0 unspecified atom stereocenters. The van der Waals surface area contributed by atoms with Crippen LogP contribution in [0.5, 0.6) is 0 Å². The number of benzene rings is 1. The predicted octanol–water partition coefficient (Wildman–Crippen LogP) is 0.652. The van der Waals surface area contributed by atoms with Gasteiger partial charge in [-0.05, 0) is 6.07 Å². The summed E-state index contributed by atoms with van der Waals surface area (Å²) in [5, 5.41) is 0.943. The fraction of sp³-hybridized carbons (Fsp3) is 0. The summed E-state index contributed by atoms with van der Waals surface area (Å²) in [6.07, 6.45) is 0. The molecule has 6 N–H and O–H groups in total. The van der Waals surface area contributed by atoms with Crippen molar-refractivity contribution in [1.82, 2.24) is 0 Å². The minimum Gasteiger partial charge on any atom is -0.438 e. The quantitative estimate of drug-likeness (QED) is 0.480. The molecule has 1 heterocycles. The van der Waals surface area contributed by atoms with Gasteiger partial charge in [-0.25, -0.2) is 0 Å². The van der Waals surface area contributed by atoms with Crippen molar-refractivity contribution in [2.45, 2.75) is 0 Å². The van der Waals surface area contributed by atoms with Crippen molar-refractivity contribution >= 4 is 28.8 Å². The molecule has 0 bridgehead atoms. The van der Waals surface area contributed by atoms with Crippen LogP contribution in [0.3, 0.4) is 0 Å². The van der Waals surface area contributed by atoms with Crippen molar-refractivity contribution in [1.29, 1.82) is 0 Å². The second-order valence-corrected chi connectivity index (χ2v) is 3.13. The van der Waals surface area contributed by atoms with E-state index in [0.29, 0.717) is 5.88 Å². The molecule has 6 nitrogen and oxygen atoms in total. The minimum absolute atomic E-state index is 0.0425. The van der Waals surface area contributed by atoms with Crippen LogP contribution in [0.1, 0.15) is 0 Å². The molecule has 2 aromatic rings. The zero-order valence-electron chi connectivity index (χ0n) is 8.42. The summed E-state index contributed by atoms with van der Waals surface area (Å²) in [6, 6.07) is 9.29. The van der Waals surface area contributed by atoms with Gasteiger partial charge in [-0.2, -0.15) is 9.98 Å². The monoisotopic (exact) mass is 217 g/mol. The molecule has 0 radical (unpaired) electrons. The maximum Gasteiger partial charge on any atom is 0.226 e. The lowest BCUT2D eigenvalue weighted by Gasteiger charge is -1.91. The highest BCUT2D eigenvalue weighted by molar-refractivity contribution is 5.93. The predicted molar refractivity (Wildman–Crippen MR) is 63.3 cm³/mol. The number of guanidine groups is 2. The van der Waals surface area contributed by atoms with Gasteiger partial charge in [-0.1, -0.05) is 18.2 Å². The molecule has 0 fully saturated rings. The molecular weight excluding hydrogens is 206 g/mol. The highest BCUT2D eigenvalue weighted by Crippen LogP contribution is 2.24. The first-order chi connectivity index (χ1) is 7.65. The highest BCUT2D eigenvalue weighted by atomic mass is 16.3. The van der Waals surface area contributed by atoms with Gasteiger partial charge in [-0.3, -0.25) is 0 Å². The molecule has 1 aromatic carbocycles. The van der Waals surface area contributed by atoms with Crippen LogP contribution in [0.4, 0.5) is 5.88 Å². The topological polar surface area (TPSA) is 116 Å². The average molecular weight is 217 g/mol. The van der Waals surface area contributed by atoms with E-state index in [9.17, 15) is 0 Å². The van der Waals surface area contributed by atoms with Gasteiger partial charge in [0.1, 0.15) is 5.58 Å². The Bertz CT molecular complexity index is 532. The van der Waals surface area contributed by atoms with Crippen LogP contribution in [-0.4, -0.2) is 11.9 Å². The molecule has 2 rings (SSSR count). The number of rotatable bonds is 1. The van der Waals surface area contributed by atoms with Crippen molar-refractivity contribution in [2.24, 2.45) is 27.2 Å². The molecule has 16 heavy (non-hydrogen) atoms. The molecular formula is C10H11N5O. The summed E-state index contributed by atoms with van der Waals surface area (Å²) < 4.78 is 5.40.